The van der Waals surface area contributed by atoms with E-state index in [-0.39, 0.29) is 11.9 Å². The quantitative estimate of drug-likeness (QED) is 0.614. The van der Waals surface area contributed by atoms with Gasteiger partial charge in [-0.1, -0.05) is 42.5 Å². The summed E-state index contributed by atoms with van der Waals surface area (Å²) in [6.45, 7) is 0. The molecule has 6 heteroatoms. The van der Waals surface area contributed by atoms with Crippen molar-refractivity contribution in [2.24, 2.45) is 5.73 Å². The zero-order chi connectivity index (χ0) is 18.5. The molecule has 0 bridgehead atoms. The van der Waals surface area contributed by atoms with Crippen molar-refractivity contribution in [3.05, 3.63) is 65.7 Å². The molecule has 1 aliphatic rings. The Kier molecular flexibility index (Phi) is 5.53. The van der Waals surface area contributed by atoms with Crippen LogP contribution in [-0.4, -0.2) is 29.2 Å². The summed E-state index contributed by atoms with van der Waals surface area (Å²) >= 11 is 0. The van der Waals surface area contributed by atoms with E-state index in [0.717, 1.165) is 12.0 Å². The monoisotopic (exact) mass is 353 g/mol. The van der Waals surface area contributed by atoms with E-state index >= 15 is 0 Å². The molecule has 0 aliphatic heterocycles. The van der Waals surface area contributed by atoms with Crippen LogP contribution in [0, 0.1) is 0 Å². The van der Waals surface area contributed by atoms with Crippen molar-refractivity contribution < 1.29 is 14.7 Å². The first-order chi connectivity index (χ1) is 12.5. The van der Waals surface area contributed by atoms with Crippen molar-refractivity contribution in [1.29, 1.82) is 0 Å². The van der Waals surface area contributed by atoms with E-state index in [1.807, 2.05) is 54.6 Å². The minimum atomic E-state index is -1.21. The lowest BCUT2D eigenvalue weighted by molar-refractivity contribution is -0.118. The van der Waals surface area contributed by atoms with Crippen LogP contribution in [0.25, 0.3) is 0 Å². The molecule has 0 spiro atoms. The van der Waals surface area contributed by atoms with E-state index in [4.69, 9.17) is 10.8 Å². The lowest BCUT2D eigenvalue weighted by Crippen LogP contribution is -2.43. The highest BCUT2D eigenvalue weighted by Gasteiger charge is 2.34. The molecule has 0 saturated heterocycles. The van der Waals surface area contributed by atoms with Crippen molar-refractivity contribution in [1.82, 2.24) is 5.32 Å². The summed E-state index contributed by atoms with van der Waals surface area (Å²) in [7, 11) is 0. The Morgan fingerprint density at radius 3 is 2.35 bits per heavy atom. The first-order valence-electron chi connectivity index (χ1n) is 8.72. The Morgan fingerprint density at radius 2 is 1.77 bits per heavy atom. The smallest absolute Gasteiger partial charge is 0.405 e. The summed E-state index contributed by atoms with van der Waals surface area (Å²) in [4.78, 5) is 23.5. The van der Waals surface area contributed by atoms with Gasteiger partial charge in [0.05, 0.1) is 0 Å². The predicted molar refractivity (Wildman–Crippen MR) is 100 cm³/mol. The van der Waals surface area contributed by atoms with Gasteiger partial charge in [0, 0.05) is 17.6 Å². The standard InChI is InChI=1S/C20H23N3O3/c21-17-12-16(17)14-7-9-15(10-8-14)22-19(24)18(23-20(25)26)11-6-13-4-2-1-3-5-13/h1-5,7-10,16-18,23H,6,11-12,21H2,(H,22,24)(H,25,26). The van der Waals surface area contributed by atoms with Gasteiger partial charge in [-0.25, -0.2) is 4.79 Å². The normalized spacial score (nSPS) is 19.4. The summed E-state index contributed by atoms with van der Waals surface area (Å²) in [5, 5.41) is 14.1. The molecule has 1 fully saturated rings. The molecular weight excluding hydrogens is 330 g/mol. The molecule has 6 nitrogen and oxygen atoms in total. The van der Waals surface area contributed by atoms with E-state index in [2.05, 4.69) is 10.6 Å². The van der Waals surface area contributed by atoms with Crippen LogP contribution in [-0.2, 0) is 11.2 Å². The average molecular weight is 353 g/mol. The summed E-state index contributed by atoms with van der Waals surface area (Å²) < 4.78 is 0. The molecular formula is C20H23N3O3. The van der Waals surface area contributed by atoms with Gasteiger partial charge < -0.3 is 21.5 Å². The third-order valence-electron chi connectivity index (χ3n) is 4.62. The molecule has 1 saturated carbocycles. The topological polar surface area (TPSA) is 104 Å². The third-order valence-corrected chi connectivity index (χ3v) is 4.62. The number of aryl methyl sites for hydroxylation is 1. The highest BCUT2D eigenvalue weighted by Crippen LogP contribution is 2.39. The van der Waals surface area contributed by atoms with Crippen LogP contribution in [0.5, 0.6) is 0 Å². The highest BCUT2D eigenvalue weighted by molar-refractivity contribution is 5.96. The minimum Gasteiger partial charge on any atom is -0.465 e. The van der Waals surface area contributed by atoms with Gasteiger partial charge in [-0.3, -0.25) is 4.79 Å². The third kappa shape index (κ3) is 4.83. The largest absolute Gasteiger partial charge is 0.465 e. The van der Waals surface area contributed by atoms with Crippen LogP contribution in [0.15, 0.2) is 54.6 Å². The van der Waals surface area contributed by atoms with E-state index in [9.17, 15) is 9.59 Å². The van der Waals surface area contributed by atoms with Gasteiger partial charge in [-0.2, -0.15) is 0 Å². The summed E-state index contributed by atoms with van der Waals surface area (Å²) in [5.74, 6) is 0.0475. The Labute approximate surface area is 152 Å². The second-order valence-electron chi connectivity index (χ2n) is 6.64. The van der Waals surface area contributed by atoms with Crippen molar-refractivity contribution in [3.8, 4) is 0 Å². The van der Waals surface area contributed by atoms with Gasteiger partial charge in [-0.15, -0.1) is 0 Å². The number of rotatable bonds is 7. The molecule has 2 aromatic rings. The SMILES string of the molecule is NC1CC1c1ccc(NC(=O)C(CCc2ccccc2)NC(=O)O)cc1. The van der Waals surface area contributed by atoms with Gasteiger partial charge in [-0.05, 0) is 42.5 Å². The average Bonchev–Trinajstić information content (AvgIpc) is 3.36. The fraction of sp³-hybridized carbons (Fsp3) is 0.300. The maximum absolute atomic E-state index is 12.5. The molecule has 26 heavy (non-hydrogen) atoms. The van der Waals surface area contributed by atoms with Crippen molar-refractivity contribution >= 4 is 17.7 Å². The molecule has 3 atom stereocenters. The first kappa shape index (κ1) is 17.9. The van der Waals surface area contributed by atoms with Gasteiger partial charge in [0.25, 0.3) is 0 Å². The van der Waals surface area contributed by atoms with Crippen LogP contribution in [0.1, 0.15) is 29.9 Å². The van der Waals surface area contributed by atoms with Crippen molar-refractivity contribution in [2.75, 3.05) is 5.32 Å². The Morgan fingerprint density at radius 1 is 1.12 bits per heavy atom. The Balaban J connectivity index is 1.60. The number of nitrogens with one attached hydrogen (secondary N) is 2. The lowest BCUT2D eigenvalue weighted by atomic mass is 10.0. The van der Waals surface area contributed by atoms with Crippen molar-refractivity contribution in [2.45, 2.75) is 37.3 Å². The number of hydrogen-bond acceptors (Lipinski definition) is 3. The van der Waals surface area contributed by atoms with E-state index in [1.54, 1.807) is 0 Å². The maximum Gasteiger partial charge on any atom is 0.405 e. The summed E-state index contributed by atoms with van der Waals surface area (Å²) in [6.07, 6.45) is 0.779. The maximum atomic E-state index is 12.5. The van der Waals surface area contributed by atoms with E-state index < -0.39 is 12.1 Å². The molecule has 0 radical (unpaired) electrons. The number of amides is 2. The van der Waals surface area contributed by atoms with Gasteiger partial charge in [0.1, 0.15) is 6.04 Å². The molecule has 0 aromatic heterocycles. The molecule has 2 amide bonds. The number of carbonyl (C=O) groups excluding carboxylic acids is 1. The molecule has 136 valence electrons. The Hall–Kier alpha value is -2.86. The number of carboxylic acid groups (broad SMARTS) is 1. The van der Waals surface area contributed by atoms with Crippen LogP contribution in [0.4, 0.5) is 10.5 Å². The molecule has 3 rings (SSSR count). The molecule has 0 heterocycles. The number of anilines is 1. The molecule has 3 unspecified atom stereocenters. The molecule has 5 N–H and O–H groups in total. The Bertz CT molecular complexity index is 762. The van der Waals surface area contributed by atoms with Crippen LogP contribution in [0.3, 0.4) is 0 Å². The molecule has 1 aliphatic carbocycles. The van der Waals surface area contributed by atoms with Gasteiger partial charge in [0.15, 0.2) is 0 Å². The number of nitrogens with two attached hydrogens (primary N) is 1. The van der Waals surface area contributed by atoms with E-state index in [1.165, 1.54) is 5.56 Å². The highest BCUT2D eigenvalue weighted by atomic mass is 16.4. The minimum absolute atomic E-state index is 0.234. The number of hydrogen-bond donors (Lipinski definition) is 4. The van der Waals surface area contributed by atoms with Crippen LogP contribution in [0.2, 0.25) is 0 Å². The first-order valence-corrected chi connectivity index (χ1v) is 8.72. The zero-order valence-corrected chi connectivity index (χ0v) is 14.4. The van der Waals surface area contributed by atoms with Gasteiger partial charge in [0.2, 0.25) is 5.91 Å². The predicted octanol–water partition coefficient (Wildman–Crippen LogP) is 2.71. The van der Waals surface area contributed by atoms with Crippen LogP contribution < -0.4 is 16.4 Å². The number of benzene rings is 2. The van der Waals surface area contributed by atoms with E-state index in [0.29, 0.717) is 24.4 Å². The second kappa shape index (κ2) is 8.01. The lowest BCUT2D eigenvalue weighted by Gasteiger charge is -2.17. The fourth-order valence-electron chi connectivity index (χ4n) is 3.01. The van der Waals surface area contributed by atoms with Crippen molar-refractivity contribution in [3.63, 3.8) is 0 Å². The number of carbonyl (C=O) groups is 2. The second-order valence-corrected chi connectivity index (χ2v) is 6.64. The van der Waals surface area contributed by atoms with Gasteiger partial charge >= 0.3 is 6.09 Å². The zero-order valence-electron chi connectivity index (χ0n) is 14.4. The summed E-state index contributed by atoms with van der Waals surface area (Å²) in [6, 6.07) is 16.6. The van der Waals surface area contributed by atoms with Crippen LogP contribution >= 0.6 is 0 Å². The fourth-order valence-corrected chi connectivity index (χ4v) is 3.01. The summed E-state index contributed by atoms with van der Waals surface area (Å²) in [5.41, 5.74) is 8.72. The molecule has 2 aromatic carbocycles.